The molecule has 0 saturated carbocycles. The molecule has 106 valence electrons. The van der Waals surface area contributed by atoms with Gasteiger partial charge in [-0.3, -0.25) is 4.79 Å². The SMILES string of the molecule is COC(=O)[C@H](C)NC(=O)Cc1csc(-c2ccoc2)n1. The van der Waals surface area contributed by atoms with Gasteiger partial charge in [0.1, 0.15) is 17.3 Å². The number of hydrogen-bond donors (Lipinski definition) is 1. The molecule has 0 aromatic carbocycles. The molecule has 1 amide bonds. The fourth-order valence-electron chi connectivity index (χ4n) is 1.60. The maximum Gasteiger partial charge on any atom is 0.328 e. The Balaban J connectivity index is 1.94. The first kappa shape index (κ1) is 14.3. The standard InChI is InChI=1S/C13H14N2O4S/c1-8(13(17)18-2)14-11(16)5-10-7-20-12(15-10)9-3-4-19-6-9/h3-4,6-8H,5H2,1-2H3,(H,14,16)/t8-/m0/s1. The number of ether oxygens (including phenoxy) is 1. The minimum Gasteiger partial charge on any atom is -0.472 e. The highest BCUT2D eigenvalue weighted by Crippen LogP contribution is 2.23. The molecule has 20 heavy (non-hydrogen) atoms. The molecule has 6 nitrogen and oxygen atoms in total. The average Bonchev–Trinajstić information content (AvgIpc) is 3.07. The lowest BCUT2D eigenvalue weighted by Crippen LogP contribution is -2.39. The van der Waals surface area contributed by atoms with Gasteiger partial charge < -0.3 is 14.5 Å². The molecule has 1 atom stereocenters. The number of nitrogens with zero attached hydrogens (tertiary/aromatic N) is 1. The third kappa shape index (κ3) is 3.45. The fraction of sp³-hybridized carbons (Fsp3) is 0.308. The van der Waals surface area contributed by atoms with E-state index in [1.807, 2.05) is 11.4 Å². The van der Waals surface area contributed by atoms with Crippen LogP contribution in [0.15, 0.2) is 28.4 Å². The van der Waals surface area contributed by atoms with E-state index in [1.165, 1.54) is 18.4 Å². The normalized spacial score (nSPS) is 11.9. The van der Waals surface area contributed by atoms with Crippen LogP contribution in [0.5, 0.6) is 0 Å². The van der Waals surface area contributed by atoms with Crippen molar-refractivity contribution in [2.45, 2.75) is 19.4 Å². The van der Waals surface area contributed by atoms with E-state index >= 15 is 0 Å². The van der Waals surface area contributed by atoms with E-state index in [1.54, 1.807) is 19.5 Å². The maximum atomic E-state index is 11.8. The van der Waals surface area contributed by atoms with Crippen LogP contribution in [0, 0.1) is 0 Å². The lowest BCUT2D eigenvalue weighted by atomic mass is 10.2. The van der Waals surface area contributed by atoms with E-state index in [9.17, 15) is 9.59 Å². The molecular formula is C13H14N2O4S. The summed E-state index contributed by atoms with van der Waals surface area (Å²) < 4.78 is 9.53. The molecule has 0 aliphatic carbocycles. The molecule has 0 fully saturated rings. The van der Waals surface area contributed by atoms with Crippen LogP contribution < -0.4 is 5.32 Å². The van der Waals surface area contributed by atoms with Gasteiger partial charge in [0.25, 0.3) is 0 Å². The predicted octanol–water partition coefficient (Wildman–Crippen LogP) is 1.62. The van der Waals surface area contributed by atoms with Crippen LogP contribution in [-0.4, -0.2) is 30.0 Å². The summed E-state index contributed by atoms with van der Waals surface area (Å²) in [4.78, 5) is 27.3. The van der Waals surface area contributed by atoms with E-state index < -0.39 is 12.0 Å². The molecule has 7 heteroatoms. The first-order valence-corrected chi connectivity index (χ1v) is 6.82. The molecule has 0 bridgehead atoms. The third-order valence-corrected chi connectivity index (χ3v) is 3.53. The Labute approximate surface area is 119 Å². The number of carbonyl (C=O) groups excluding carboxylic acids is 2. The van der Waals surface area contributed by atoms with Crippen molar-refractivity contribution in [2.24, 2.45) is 0 Å². The summed E-state index contributed by atoms with van der Waals surface area (Å²) in [5.41, 5.74) is 1.53. The van der Waals surface area contributed by atoms with Crippen LogP contribution in [0.2, 0.25) is 0 Å². The molecule has 0 radical (unpaired) electrons. The summed E-state index contributed by atoms with van der Waals surface area (Å²) in [7, 11) is 1.28. The molecule has 2 rings (SSSR count). The number of rotatable bonds is 5. The van der Waals surface area contributed by atoms with Gasteiger partial charge in [-0.25, -0.2) is 9.78 Å². The minimum atomic E-state index is -0.667. The van der Waals surface area contributed by atoms with Gasteiger partial charge in [-0.05, 0) is 13.0 Å². The van der Waals surface area contributed by atoms with Crippen LogP contribution in [-0.2, 0) is 20.7 Å². The third-order valence-electron chi connectivity index (χ3n) is 2.59. The first-order chi connectivity index (χ1) is 9.60. The molecule has 0 unspecified atom stereocenters. The van der Waals surface area contributed by atoms with Gasteiger partial charge in [0, 0.05) is 10.9 Å². The van der Waals surface area contributed by atoms with E-state index in [2.05, 4.69) is 15.0 Å². The second-order valence-corrected chi connectivity index (χ2v) is 5.00. The summed E-state index contributed by atoms with van der Waals surface area (Å²) in [6, 6.07) is 1.14. The molecule has 0 aliphatic rings. The van der Waals surface area contributed by atoms with Crippen LogP contribution in [0.25, 0.3) is 10.6 Å². The van der Waals surface area contributed by atoms with Crippen molar-refractivity contribution < 1.29 is 18.7 Å². The van der Waals surface area contributed by atoms with Crippen LogP contribution in [0.4, 0.5) is 0 Å². The summed E-state index contributed by atoms with van der Waals surface area (Å²) >= 11 is 1.44. The fourth-order valence-corrected chi connectivity index (χ4v) is 2.41. The van der Waals surface area contributed by atoms with E-state index in [-0.39, 0.29) is 12.3 Å². The number of furan rings is 1. The van der Waals surface area contributed by atoms with Gasteiger partial charge in [-0.2, -0.15) is 0 Å². The molecule has 2 heterocycles. The highest BCUT2D eigenvalue weighted by atomic mass is 32.1. The Morgan fingerprint density at radius 3 is 3.00 bits per heavy atom. The lowest BCUT2D eigenvalue weighted by molar-refractivity contribution is -0.144. The van der Waals surface area contributed by atoms with Crippen molar-refractivity contribution >= 4 is 23.2 Å². The summed E-state index contributed by atoms with van der Waals surface area (Å²) in [5, 5.41) is 5.16. The van der Waals surface area contributed by atoms with Crippen LogP contribution in [0.1, 0.15) is 12.6 Å². The average molecular weight is 294 g/mol. The Hall–Kier alpha value is -2.15. The van der Waals surface area contributed by atoms with Gasteiger partial charge in [-0.1, -0.05) is 0 Å². The second kappa shape index (κ2) is 6.33. The Morgan fingerprint density at radius 1 is 1.55 bits per heavy atom. The van der Waals surface area contributed by atoms with Crippen molar-refractivity contribution in [1.29, 1.82) is 0 Å². The summed E-state index contributed by atoms with van der Waals surface area (Å²) in [5.74, 6) is -0.748. The number of aromatic nitrogens is 1. The number of methoxy groups -OCH3 is 1. The van der Waals surface area contributed by atoms with Crippen molar-refractivity contribution in [1.82, 2.24) is 10.3 Å². The predicted molar refractivity (Wildman–Crippen MR) is 73.1 cm³/mol. The van der Waals surface area contributed by atoms with Crippen molar-refractivity contribution in [3.63, 3.8) is 0 Å². The topological polar surface area (TPSA) is 81.4 Å². The van der Waals surface area contributed by atoms with Gasteiger partial charge in [0.2, 0.25) is 5.91 Å². The Bertz CT molecular complexity index is 591. The Kier molecular flexibility index (Phi) is 4.52. The number of nitrogens with one attached hydrogen (secondary N) is 1. The highest BCUT2D eigenvalue weighted by molar-refractivity contribution is 7.13. The zero-order valence-electron chi connectivity index (χ0n) is 11.1. The van der Waals surface area contributed by atoms with Gasteiger partial charge in [0.15, 0.2) is 0 Å². The number of thiazole rings is 1. The molecule has 2 aromatic heterocycles. The zero-order valence-corrected chi connectivity index (χ0v) is 11.9. The summed E-state index contributed by atoms with van der Waals surface area (Å²) in [6.45, 7) is 1.57. The van der Waals surface area contributed by atoms with Gasteiger partial charge in [0.05, 0.1) is 25.5 Å². The highest BCUT2D eigenvalue weighted by Gasteiger charge is 2.17. The minimum absolute atomic E-state index is 0.121. The largest absolute Gasteiger partial charge is 0.472 e. The van der Waals surface area contributed by atoms with E-state index in [0.717, 1.165) is 10.6 Å². The first-order valence-electron chi connectivity index (χ1n) is 5.94. The molecule has 2 aromatic rings. The number of carbonyl (C=O) groups is 2. The zero-order chi connectivity index (χ0) is 14.5. The number of hydrogen-bond acceptors (Lipinski definition) is 6. The van der Waals surface area contributed by atoms with Gasteiger partial charge in [-0.15, -0.1) is 11.3 Å². The smallest absolute Gasteiger partial charge is 0.328 e. The maximum absolute atomic E-state index is 11.8. The molecular weight excluding hydrogens is 280 g/mol. The van der Waals surface area contributed by atoms with E-state index in [4.69, 9.17) is 4.42 Å². The molecule has 0 aliphatic heterocycles. The van der Waals surface area contributed by atoms with Gasteiger partial charge >= 0.3 is 5.97 Å². The van der Waals surface area contributed by atoms with Crippen LogP contribution in [0.3, 0.4) is 0 Å². The molecule has 1 N–H and O–H groups in total. The molecule has 0 saturated heterocycles. The monoisotopic (exact) mass is 294 g/mol. The lowest BCUT2D eigenvalue weighted by Gasteiger charge is -2.10. The van der Waals surface area contributed by atoms with E-state index in [0.29, 0.717) is 5.69 Å². The van der Waals surface area contributed by atoms with Crippen molar-refractivity contribution in [3.05, 3.63) is 29.7 Å². The Morgan fingerprint density at radius 2 is 2.35 bits per heavy atom. The second-order valence-electron chi connectivity index (χ2n) is 4.15. The van der Waals surface area contributed by atoms with Crippen molar-refractivity contribution in [2.75, 3.05) is 7.11 Å². The van der Waals surface area contributed by atoms with Crippen LogP contribution >= 0.6 is 11.3 Å². The number of esters is 1. The quantitative estimate of drug-likeness (QED) is 0.847. The molecule has 0 spiro atoms. The number of amides is 1. The summed E-state index contributed by atoms with van der Waals surface area (Å²) in [6.07, 6.45) is 3.29. The van der Waals surface area contributed by atoms with Crippen molar-refractivity contribution in [3.8, 4) is 10.6 Å².